The third kappa shape index (κ3) is 5.79. The standard InChI is InChI=1S/C33H24BF15N/c1-6-8-11(10-50-33(3,4)5)13-12(9-7-2)14(13)34(15-18(35)24(41)30(47)25(42)19(15)36,16-20(37)26(43)31(48)27(44)21(16)38)17-22(39)28(45)32(49)29(46)23(17)40/h10H,6-9H2,1-5H3/q-1. The number of benzene rings is 3. The Labute approximate surface area is 275 Å². The van der Waals surface area contributed by atoms with Gasteiger partial charge in [0, 0.05) is 6.21 Å². The molecule has 0 aromatic heterocycles. The van der Waals surface area contributed by atoms with Gasteiger partial charge < -0.3 is 0 Å². The lowest BCUT2D eigenvalue weighted by Crippen LogP contribution is -2.73. The van der Waals surface area contributed by atoms with Crippen LogP contribution in [-0.4, -0.2) is 17.9 Å². The minimum atomic E-state index is -5.80. The van der Waals surface area contributed by atoms with Crippen LogP contribution >= 0.6 is 0 Å². The third-order valence-corrected chi connectivity index (χ3v) is 8.25. The van der Waals surface area contributed by atoms with Crippen molar-refractivity contribution >= 4 is 28.7 Å². The van der Waals surface area contributed by atoms with Crippen molar-refractivity contribution in [3.63, 3.8) is 0 Å². The topological polar surface area (TPSA) is 12.4 Å². The van der Waals surface area contributed by atoms with Crippen LogP contribution < -0.4 is 16.4 Å². The van der Waals surface area contributed by atoms with Crippen LogP contribution in [0.2, 0.25) is 0 Å². The van der Waals surface area contributed by atoms with E-state index in [1.54, 1.807) is 27.7 Å². The first-order valence-electron chi connectivity index (χ1n) is 14.9. The molecule has 0 N–H and O–H groups in total. The maximum absolute atomic E-state index is 16.1. The highest BCUT2D eigenvalue weighted by Gasteiger charge is 2.54. The lowest BCUT2D eigenvalue weighted by molar-refractivity contribution is 0.379. The van der Waals surface area contributed by atoms with Gasteiger partial charge in [-0.15, -0.1) is 16.4 Å². The van der Waals surface area contributed by atoms with E-state index < -0.39 is 138 Å². The van der Waals surface area contributed by atoms with Gasteiger partial charge in [0.25, 0.3) is 0 Å². The second-order valence-corrected chi connectivity index (χ2v) is 12.5. The summed E-state index contributed by atoms with van der Waals surface area (Å²) in [5, 5.41) is 0. The van der Waals surface area contributed by atoms with Crippen molar-refractivity contribution in [3.8, 4) is 0 Å². The molecule has 0 bridgehead atoms. The largest absolute Gasteiger partial charge is 0.287 e. The lowest BCUT2D eigenvalue weighted by atomic mass is 9.13. The van der Waals surface area contributed by atoms with E-state index in [9.17, 15) is 13.2 Å². The van der Waals surface area contributed by atoms with Crippen molar-refractivity contribution in [3.05, 3.63) is 109 Å². The molecule has 0 atom stereocenters. The number of rotatable bonds is 9. The quantitative estimate of drug-likeness (QED) is 0.0687. The summed E-state index contributed by atoms with van der Waals surface area (Å²) in [6, 6.07) is 0. The molecule has 0 spiro atoms. The highest BCUT2D eigenvalue weighted by Crippen LogP contribution is 2.51. The average Bonchev–Trinajstić information content (AvgIpc) is 3.77. The zero-order valence-corrected chi connectivity index (χ0v) is 26.6. The molecular formula is C33H24BF15N-. The van der Waals surface area contributed by atoms with E-state index in [1.807, 2.05) is 0 Å². The summed E-state index contributed by atoms with van der Waals surface area (Å²) < 4.78 is 229. The van der Waals surface area contributed by atoms with Crippen LogP contribution in [0.3, 0.4) is 0 Å². The zero-order valence-electron chi connectivity index (χ0n) is 26.6. The van der Waals surface area contributed by atoms with E-state index in [0.29, 0.717) is 0 Å². The lowest BCUT2D eigenvalue weighted by Gasteiger charge is -2.43. The molecule has 0 aliphatic heterocycles. The van der Waals surface area contributed by atoms with Crippen LogP contribution in [0.4, 0.5) is 65.9 Å². The minimum absolute atomic E-state index is 0.0599. The molecule has 3 aromatic rings. The van der Waals surface area contributed by atoms with E-state index in [1.165, 1.54) is 6.92 Å². The number of hydrogen-bond donors (Lipinski definition) is 0. The summed E-state index contributed by atoms with van der Waals surface area (Å²) in [6.07, 6.45) is -5.21. The summed E-state index contributed by atoms with van der Waals surface area (Å²) in [5.74, 6) is -45.2. The molecule has 1 nitrogen and oxygen atoms in total. The molecule has 17 heteroatoms. The number of hydrogen-bond acceptors (Lipinski definition) is 1. The van der Waals surface area contributed by atoms with Crippen LogP contribution in [0.25, 0.3) is 0 Å². The molecule has 0 heterocycles. The first kappa shape index (κ1) is 38.6. The molecule has 270 valence electrons. The summed E-state index contributed by atoms with van der Waals surface area (Å²) in [6.45, 7) is 7.66. The van der Waals surface area contributed by atoms with Crippen molar-refractivity contribution in [1.29, 1.82) is 0 Å². The number of nitrogens with zero attached hydrogens (tertiary/aromatic N) is 1. The van der Waals surface area contributed by atoms with E-state index in [-0.39, 0.29) is 24.8 Å². The first-order chi connectivity index (χ1) is 23.1. The Morgan fingerprint density at radius 3 is 1.06 bits per heavy atom. The zero-order chi connectivity index (χ0) is 37.9. The molecule has 0 saturated heterocycles. The fourth-order valence-electron chi connectivity index (χ4n) is 6.26. The van der Waals surface area contributed by atoms with Crippen LogP contribution in [0.15, 0.2) is 27.2 Å². The Balaban J connectivity index is 2.55. The van der Waals surface area contributed by atoms with Crippen molar-refractivity contribution in [1.82, 2.24) is 0 Å². The molecule has 50 heavy (non-hydrogen) atoms. The summed E-state index contributed by atoms with van der Waals surface area (Å²) >= 11 is 0. The number of allylic oxidation sites excluding steroid dienone is 4. The summed E-state index contributed by atoms with van der Waals surface area (Å²) in [5.41, 5.74) is -11.0. The molecule has 1 aliphatic rings. The van der Waals surface area contributed by atoms with Gasteiger partial charge in [-0.05, 0) is 39.2 Å². The predicted octanol–water partition coefficient (Wildman–Crippen LogP) is 8.86. The van der Waals surface area contributed by atoms with Crippen LogP contribution in [0, 0.1) is 87.3 Å². The summed E-state index contributed by atoms with van der Waals surface area (Å²) in [4.78, 5) is 4.24. The normalized spacial score (nSPS) is 14.8. The minimum Gasteiger partial charge on any atom is -0.287 e. The molecule has 0 unspecified atom stereocenters. The van der Waals surface area contributed by atoms with Crippen LogP contribution in [0.5, 0.6) is 0 Å². The molecule has 0 amide bonds. The van der Waals surface area contributed by atoms with E-state index in [2.05, 4.69) is 4.99 Å². The molecule has 0 saturated carbocycles. The second kappa shape index (κ2) is 13.5. The molecular weight excluding hydrogens is 706 g/mol. The monoisotopic (exact) mass is 730 g/mol. The van der Waals surface area contributed by atoms with Gasteiger partial charge in [-0.1, -0.05) is 37.8 Å². The third-order valence-electron chi connectivity index (χ3n) is 8.25. The molecule has 1 aliphatic carbocycles. The van der Waals surface area contributed by atoms with Gasteiger partial charge in [0.15, 0.2) is 52.4 Å². The Hall–Kier alpha value is -4.18. The molecule has 4 rings (SSSR count). The van der Waals surface area contributed by atoms with E-state index >= 15 is 52.7 Å². The van der Waals surface area contributed by atoms with Gasteiger partial charge in [-0.25, -0.2) is 65.9 Å². The fraction of sp³-hybridized carbons (Fsp3) is 0.303. The van der Waals surface area contributed by atoms with E-state index in [0.717, 1.165) is 6.21 Å². The smallest absolute Gasteiger partial charge is 0.200 e. The highest BCUT2D eigenvalue weighted by molar-refractivity contribution is 7.18. The van der Waals surface area contributed by atoms with Crippen LogP contribution in [-0.2, 0) is 0 Å². The Kier molecular flexibility index (Phi) is 10.4. The van der Waals surface area contributed by atoms with E-state index in [4.69, 9.17) is 0 Å². The predicted molar refractivity (Wildman–Crippen MR) is 155 cm³/mol. The van der Waals surface area contributed by atoms with Crippen molar-refractivity contribution in [2.24, 2.45) is 4.99 Å². The van der Waals surface area contributed by atoms with Crippen molar-refractivity contribution in [2.45, 2.75) is 65.8 Å². The number of halogens is 15. The molecule has 0 fully saturated rings. The Bertz CT molecular complexity index is 1770. The van der Waals surface area contributed by atoms with Gasteiger partial charge in [0.05, 0.1) is 5.54 Å². The van der Waals surface area contributed by atoms with Gasteiger partial charge in [-0.3, -0.25) is 4.99 Å². The number of aliphatic imine (C=N–C) groups is 1. The van der Waals surface area contributed by atoms with Crippen LogP contribution in [0.1, 0.15) is 60.3 Å². The Morgan fingerprint density at radius 1 is 0.500 bits per heavy atom. The van der Waals surface area contributed by atoms with Gasteiger partial charge >= 0.3 is 0 Å². The molecule has 0 radical (unpaired) electrons. The highest BCUT2D eigenvalue weighted by atomic mass is 19.2. The first-order valence-corrected chi connectivity index (χ1v) is 14.9. The fourth-order valence-corrected chi connectivity index (χ4v) is 6.26. The maximum Gasteiger partial charge on any atom is 0.200 e. The van der Waals surface area contributed by atoms with Gasteiger partial charge in [-0.2, -0.15) is 5.47 Å². The second-order valence-electron chi connectivity index (χ2n) is 12.5. The average molecular weight is 730 g/mol. The Morgan fingerprint density at radius 2 is 0.800 bits per heavy atom. The van der Waals surface area contributed by atoms with Crippen molar-refractivity contribution < 1.29 is 65.9 Å². The maximum atomic E-state index is 16.1. The molecule has 3 aromatic carbocycles. The SMILES string of the molecule is CCCC(C=NC(C)(C)C)=C1C(CCC)=C1[B-](c1c(F)c(F)c(F)c(F)c1F)(c1c(F)c(F)c(F)c(F)c1F)c1c(F)c(F)c(F)c(F)c1F. The van der Waals surface area contributed by atoms with Gasteiger partial charge in [0.1, 0.15) is 41.0 Å². The van der Waals surface area contributed by atoms with Crippen molar-refractivity contribution in [2.75, 3.05) is 0 Å². The summed E-state index contributed by atoms with van der Waals surface area (Å²) in [7, 11) is 0. The van der Waals surface area contributed by atoms with Gasteiger partial charge in [0.2, 0.25) is 0 Å².